The van der Waals surface area contributed by atoms with Crippen LogP contribution in [-0.4, -0.2) is 73.2 Å². The average Bonchev–Trinajstić information content (AvgIpc) is 2.78. The standard InChI is InChI=1S/C22H33ClN4O3/c1-3-22(2,27-11-13-30-14-12-27)16-24-21(29)25-19-15-17(23)7-8-18(19)20(28)26-9-5-4-6-10-26/h7-8,15H,3-6,9-14,16H2,1-2H3,(H2,24,25,29)/t22-/m0/s1. The number of halogens is 1. The number of piperidine rings is 1. The van der Waals surface area contributed by atoms with E-state index in [4.69, 9.17) is 16.3 Å². The molecule has 0 aliphatic carbocycles. The summed E-state index contributed by atoms with van der Waals surface area (Å²) in [4.78, 5) is 29.9. The molecule has 8 heteroatoms. The average molecular weight is 437 g/mol. The molecule has 2 fully saturated rings. The first-order chi connectivity index (χ1) is 14.4. The van der Waals surface area contributed by atoms with Crippen molar-refractivity contribution in [3.63, 3.8) is 0 Å². The number of urea groups is 1. The number of nitrogens with one attached hydrogen (secondary N) is 2. The van der Waals surface area contributed by atoms with Gasteiger partial charge in [-0.05, 0) is 50.8 Å². The lowest BCUT2D eigenvalue weighted by Crippen LogP contribution is -2.57. The highest BCUT2D eigenvalue weighted by atomic mass is 35.5. The minimum atomic E-state index is -0.335. The summed E-state index contributed by atoms with van der Waals surface area (Å²) in [5.74, 6) is -0.0617. The van der Waals surface area contributed by atoms with Gasteiger partial charge >= 0.3 is 6.03 Å². The molecule has 1 atom stereocenters. The second kappa shape index (κ2) is 10.5. The Morgan fingerprint density at radius 2 is 1.83 bits per heavy atom. The maximum Gasteiger partial charge on any atom is 0.319 e. The van der Waals surface area contributed by atoms with Crippen molar-refractivity contribution >= 4 is 29.2 Å². The lowest BCUT2D eigenvalue weighted by atomic mass is 9.95. The Kier molecular flexibility index (Phi) is 7.97. The number of nitrogens with zero attached hydrogens (tertiary/aromatic N) is 2. The molecule has 0 unspecified atom stereocenters. The first-order valence-electron chi connectivity index (χ1n) is 10.9. The van der Waals surface area contributed by atoms with Gasteiger partial charge in [-0.2, -0.15) is 0 Å². The maximum absolute atomic E-state index is 13.0. The molecule has 0 spiro atoms. The molecule has 2 N–H and O–H groups in total. The number of anilines is 1. The van der Waals surface area contributed by atoms with Crippen molar-refractivity contribution < 1.29 is 14.3 Å². The number of hydrogen-bond acceptors (Lipinski definition) is 4. The summed E-state index contributed by atoms with van der Waals surface area (Å²) in [6, 6.07) is 4.69. The molecule has 2 aliphatic rings. The van der Waals surface area contributed by atoms with Crippen LogP contribution >= 0.6 is 11.6 Å². The Morgan fingerprint density at radius 3 is 2.50 bits per heavy atom. The van der Waals surface area contributed by atoms with Crippen molar-refractivity contribution in [2.45, 2.75) is 45.1 Å². The van der Waals surface area contributed by atoms with Crippen LogP contribution in [0.4, 0.5) is 10.5 Å². The zero-order valence-electron chi connectivity index (χ0n) is 18.0. The maximum atomic E-state index is 13.0. The quantitative estimate of drug-likeness (QED) is 0.714. The van der Waals surface area contributed by atoms with Gasteiger partial charge in [0, 0.05) is 43.3 Å². The highest BCUT2D eigenvalue weighted by Crippen LogP contribution is 2.24. The van der Waals surface area contributed by atoms with Crippen LogP contribution in [0, 0.1) is 0 Å². The predicted octanol–water partition coefficient (Wildman–Crippen LogP) is 3.59. The summed E-state index contributed by atoms with van der Waals surface area (Å²) in [7, 11) is 0. The molecule has 30 heavy (non-hydrogen) atoms. The normalized spacial score (nSPS) is 19.8. The van der Waals surface area contributed by atoms with Crippen LogP contribution in [0.15, 0.2) is 18.2 Å². The fourth-order valence-corrected chi connectivity index (χ4v) is 4.25. The van der Waals surface area contributed by atoms with E-state index in [1.165, 1.54) is 0 Å². The van der Waals surface area contributed by atoms with Crippen LogP contribution in [-0.2, 0) is 4.74 Å². The van der Waals surface area contributed by atoms with Crippen LogP contribution in [0.3, 0.4) is 0 Å². The molecule has 3 rings (SSSR count). The molecule has 0 radical (unpaired) electrons. The van der Waals surface area contributed by atoms with E-state index in [1.807, 2.05) is 4.90 Å². The molecule has 1 aromatic carbocycles. The molecule has 0 bridgehead atoms. The number of ether oxygens (including phenoxy) is 1. The second-order valence-corrected chi connectivity index (χ2v) is 8.74. The van der Waals surface area contributed by atoms with Crippen molar-refractivity contribution in [3.8, 4) is 0 Å². The summed E-state index contributed by atoms with van der Waals surface area (Å²) in [5, 5.41) is 6.31. The van der Waals surface area contributed by atoms with Gasteiger partial charge in [-0.15, -0.1) is 0 Å². The van der Waals surface area contributed by atoms with E-state index < -0.39 is 0 Å². The molecule has 1 aromatic rings. The topological polar surface area (TPSA) is 73.9 Å². The first-order valence-corrected chi connectivity index (χ1v) is 11.3. The van der Waals surface area contributed by atoms with E-state index >= 15 is 0 Å². The first kappa shape index (κ1) is 22.8. The van der Waals surface area contributed by atoms with Gasteiger partial charge in [-0.3, -0.25) is 9.69 Å². The van der Waals surface area contributed by atoms with Crippen LogP contribution in [0.25, 0.3) is 0 Å². The van der Waals surface area contributed by atoms with Crippen LogP contribution in [0.5, 0.6) is 0 Å². The van der Waals surface area contributed by atoms with E-state index in [0.717, 1.165) is 51.9 Å². The van der Waals surface area contributed by atoms with Crippen molar-refractivity contribution in [2.24, 2.45) is 0 Å². The monoisotopic (exact) mass is 436 g/mol. The molecule has 2 saturated heterocycles. The van der Waals surface area contributed by atoms with Crippen molar-refractivity contribution in [1.82, 2.24) is 15.1 Å². The SMILES string of the molecule is CC[C@@](C)(CNC(=O)Nc1cc(Cl)ccc1C(=O)N1CCCCC1)N1CCOCC1. The van der Waals surface area contributed by atoms with Gasteiger partial charge in [0.2, 0.25) is 0 Å². The van der Waals surface area contributed by atoms with Crippen molar-refractivity contribution in [3.05, 3.63) is 28.8 Å². The second-order valence-electron chi connectivity index (χ2n) is 8.30. The van der Waals surface area contributed by atoms with Gasteiger partial charge in [0.25, 0.3) is 5.91 Å². The molecule has 0 saturated carbocycles. The highest BCUT2D eigenvalue weighted by molar-refractivity contribution is 6.31. The van der Waals surface area contributed by atoms with Crippen LogP contribution in [0.2, 0.25) is 5.02 Å². The molecule has 2 aliphatic heterocycles. The molecular formula is C22H33ClN4O3. The largest absolute Gasteiger partial charge is 0.379 e. The lowest BCUT2D eigenvalue weighted by Gasteiger charge is -2.43. The minimum absolute atomic E-state index is 0.0617. The van der Waals surface area contributed by atoms with E-state index in [-0.39, 0.29) is 17.5 Å². The molecule has 7 nitrogen and oxygen atoms in total. The molecule has 0 aromatic heterocycles. The van der Waals surface area contributed by atoms with Crippen LogP contribution in [0.1, 0.15) is 49.9 Å². The summed E-state index contributed by atoms with van der Waals surface area (Å²) in [5.41, 5.74) is 0.769. The number of carbonyl (C=O) groups is 2. The minimum Gasteiger partial charge on any atom is -0.379 e. The van der Waals surface area contributed by atoms with Gasteiger partial charge in [0.15, 0.2) is 0 Å². The zero-order chi connectivity index (χ0) is 21.6. The lowest BCUT2D eigenvalue weighted by molar-refractivity contribution is -0.0163. The molecular weight excluding hydrogens is 404 g/mol. The molecule has 166 valence electrons. The number of hydrogen-bond donors (Lipinski definition) is 2. The summed E-state index contributed by atoms with van der Waals surface area (Å²) < 4.78 is 5.45. The Morgan fingerprint density at radius 1 is 1.13 bits per heavy atom. The fraction of sp³-hybridized carbons (Fsp3) is 0.636. The van der Waals surface area contributed by atoms with E-state index in [2.05, 4.69) is 29.4 Å². The Balaban J connectivity index is 1.65. The fourth-order valence-electron chi connectivity index (χ4n) is 4.07. The number of morpholine rings is 1. The smallest absolute Gasteiger partial charge is 0.319 e. The number of carbonyl (C=O) groups excluding carboxylic acids is 2. The number of rotatable bonds is 6. The Labute approximate surface area is 184 Å². The summed E-state index contributed by atoms with van der Waals surface area (Å²) in [6.07, 6.45) is 4.08. The van der Waals surface area contributed by atoms with Crippen molar-refractivity contribution in [1.29, 1.82) is 0 Å². The highest BCUT2D eigenvalue weighted by Gasteiger charge is 2.32. The van der Waals surface area contributed by atoms with Crippen LogP contribution < -0.4 is 10.6 Å². The van der Waals surface area contributed by atoms with E-state index in [1.54, 1.807) is 18.2 Å². The third kappa shape index (κ3) is 5.65. The summed E-state index contributed by atoms with van der Waals surface area (Å²) in [6.45, 7) is 9.43. The molecule has 3 amide bonds. The number of benzene rings is 1. The van der Waals surface area contributed by atoms with Gasteiger partial charge in [0.05, 0.1) is 24.5 Å². The van der Waals surface area contributed by atoms with Gasteiger partial charge in [-0.1, -0.05) is 18.5 Å². The van der Waals surface area contributed by atoms with Gasteiger partial charge in [-0.25, -0.2) is 4.79 Å². The van der Waals surface area contributed by atoms with E-state index in [0.29, 0.717) is 36.0 Å². The zero-order valence-corrected chi connectivity index (χ0v) is 18.8. The van der Waals surface area contributed by atoms with Gasteiger partial charge in [0.1, 0.15) is 0 Å². The Hall–Kier alpha value is -1.83. The van der Waals surface area contributed by atoms with Crippen molar-refractivity contribution in [2.75, 3.05) is 51.3 Å². The van der Waals surface area contributed by atoms with Gasteiger partial charge < -0.3 is 20.3 Å². The summed E-state index contributed by atoms with van der Waals surface area (Å²) >= 11 is 6.15. The van der Waals surface area contributed by atoms with E-state index in [9.17, 15) is 9.59 Å². The Bertz CT molecular complexity index is 748. The number of amides is 3. The molecule has 2 heterocycles. The third-order valence-corrected chi connectivity index (χ3v) is 6.50. The number of likely N-dealkylation sites (tertiary alicyclic amines) is 1. The predicted molar refractivity (Wildman–Crippen MR) is 119 cm³/mol. The third-order valence-electron chi connectivity index (χ3n) is 6.27.